The molecule has 0 bridgehead atoms. The molecule has 0 fully saturated rings. The molecule has 3 rings (SSSR count). The smallest absolute Gasteiger partial charge is 0.318 e. The number of rotatable bonds is 6. The quantitative estimate of drug-likeness (QED) is 0.497. The zero-order valence-electron chi connectivity index (χ0n) is 19.8. The van der Waals surface area contributed by atoms with Crippen molar-refractivity contribution in [1.29, 1.82) is 0 Å². The Morgan fingerprint density at radius 2 is 1.82 bits per heavy atom. The van der Waals surface area contributed by atoms with E-state index in [0.29, 0.717) is 16.9 Å². The number of carbonyl (C=O) groups excluding carboxylic acids is 1. The van der Waals surface area contributed by atoms with Crippen LogP contribution in [0.3, 0.4) is 0 Å². The van der Waals surface area contributed by atoms with E-state index in [0.717, 1.165) is 12.1 Å². The zero-order chi connectivity index (χ0) is 24.3. The lowest BCUT2D eigenvalue weighted by Crippen LogP contribution is -2.50. The van der Waals surface area contributed by atoms with Gasteiger partial charge in [-0.25, -0.2) is 18.3 Å². The number of hydrogen-bond donors (Lipinski definition) is 1. The Bertz CT molecular complexity index is 1120. The van der Waals surface area contributed by atoms with Crippen LogP contribution >= 0.6 is 0 Å². The number of amides is 2. The predicted molar refractivity (Wildman–Crippen MR) is 124 cm³/mol. The number of carbonyl (C=O) groups is 1. The van der Waals surface area contributed by atoms with E-state index in [1.807, 2.05) is 71.9 Å². The summed E-state index contributed by atoms with van der Waals surface area (Å²) < 4.78 is 35.4. The Labute approximate surface area is 193 Å². The molecule has 0 spiro atoms. The molecule has 1 aromatic heterocycles. The first-order valence-corrected chi connectivity index (χ1v) is 10.8. The van der Waals surface area contributed by atoms with Crippen LogP contribution in [0.2, 0.25) is 0 Å². The molecule has 0 atom stereocenters. The molecule has 2 amide bonds. The number of nitrogens with one attached hydrogen (secondary N) is 1. The summed E-state index contributed by atoms with van der Waals surface area (Å²) in [7, 11) is 0. The average Bonchev–Trinajstić information content (AvgIpc) is 3.02. The monoisotopic (exact) mass is 456 g/mol. The molecule has 0 aliphatic heterocycles. The highest BCUT2D eigenvalue weighted by Crippen LogP contribution is 2.33. The van der Waals surface area contributed by atoms with E-state index in [1.54, 1.807) is 9.58 Å². The molecular formula is C25H30F2N4O2. The lowest BCUT2D eigenvalue weighted by molar-refractivity contribution is 0.170. The van der Waals surface area contributed by atoms with Crippen LogP contribution in [0.4, 0.5) is 13.6 Å². The summed E-state index contributed by atoms with van der Waals surface area (Å²) in [6, 6.07) is 12.0. The highest BCUT2D eigenvalue weighted by Gasteiger charge is 2.27. The maximum absolute atomic E-state index is 14.4. The number of halogens is 2. The summed E-state index contributed by atoms with van der Waals surface area (Å²) in [5.74, 6) is -1.40. The molecule has 0 saturated carbocycles. The second-order valence-corrected chi connectivity index (χ2v) is 9.20. The van der Waals surface area contributed by atoms with E-state index in [4.69, 9.17) is 4.74 Å². The van der Waals surface area contributed by atoms with Crippen molar-refractivity contribution in [2.75, 3.05) is 0 Å². The molecule has 176 valence electrons. The third-order valence-corrected chi connectivity index (χ3v) is 4.93. The van der Waals surface area contributed by atoms with Crippen molar-refractivity contribution in [2.24, 2.45) is 0 Å². The van der Waals surface area contributed by atoms with Crippen LogP contribution in [0, 0.1) is 18.6 Å². The molecule has 0 radical (unpaired) electrons. The number of aryl methyl sites for hydroxylation is 1. The van der Waals surface area contributed by atoms with Crippen molar-refractivity contribution in [2.45, 2.75) is 59.7 Å². The minimum atomic E-state index is -0.828. The minimum absolute atomic E-state index is 0.123. The van der Waals surface area contributed by atoms with Crippen LogP contribution in [0.5, 0.6) is 11.6 Å². The third-order valence-electron chi connectivity index (χ3n) is 4.93. The molecule has 6 nitrogen and oxygen atoms in total. The van der Waals surface area contributed by atoms with Gasteiger partial charge in [0.1, 0.15) is 5.82 Å². The van der Waals surface area contributed by atoms with Gasteiger partial charge in [0.25, 0.3) is 0 Å². The second-order valence-electron chi connectivity index (χ2n) is 9.20. The first-order chi connectivity index (χ1) is 15.5. The number of para-hydroxylation sites is 1. The van der Waals surface area contributed by atoms with Crippen molar-refractivity contribution >= 4 is 6.03 Å². The maximum atomic E-state index is 14.4. The van der Waals surface area contributed by atoms with E-state index in [2.05, 4.69) is 10.4 Å². The Balaban J connectivity index is 2.08. The molecule has 3 aromatic rings. The van der Waals surface area contributed by atoms with Crippen LogP contribution in [0.15, 0.2) is 48.5 Å². The molecule has 0 saturated heterocycles. The average molecular weight is 457 g/mol. The Morgan fingerprint density at radius 1 is 1.15 bits per heavy atom. The topological polar surface area (TPSA) is 59.4 Å². The molecule has 2 aromatic carbocycles. The SMILES string of the molecule is Cc1nn(-c2ccccc2)c(Oc2ccc(F)cc2F)c1CN(C(=O)NC(C)(C)C)C(C)C. The fourth-order valence-corrected chi connectivity index (χ4v) is 3.28. The summed E-state index contributed by atoms with van der Waals surface area (Å²) >= 11 is 0. The number of nitrogens with zero attached hydrogens (tertiary/aromatic N) is 3. The van der Waals surface area contributed by atoms with Crippen molar-refractivity contribution in [3.8, 4) is 17.3 Å². The van der Waals surface area contributed by atoms with Gasteiger partial charge in [-0.05, 0) is 65.8 Å². The predicted octanol–water partition coefficient (Wildman–Crippen LogP) is 5.97. The highest BCUT2D eigenvalue weighted by atomic mass is 19.1. The number of hydrogen-bond acceptors (Lipinski definition) is 3. The van der Waals surface area contributed by atoms with E-state index < -0.39 is 17.2 Å². The van der Waals surface area contributed by atoms with Gasteiger partial charge in [-0.1, -0.05) is 18.2 Å². The van der Waals surface area contributed by atoms with Gasteiger partial charge in [0.05, 0.1) is 23.5 Å². The van der Waals surface area contributed by atoms with Crippen molar-refractivity contribution < 1.29 is 18.3 Å². The lowest BCUT2D eigenvalue weighted by Gasteiger charge is -2.31. The number of aromatic nitrogens is 2. The Hall–Kier alpha value is -3.42. The van der Waals surface area contributed by atoms with Crippen LogP contribution in [0.1, 0.15) is 45.9 Å². The minimum Gasteiger partial charge on any atom is -0.435 e. The summed E-state index contributed by atoms with van der Waals surface area (Å²) in [5, 5.41) is 7.59. The van der Waals surface area contributed by atoms with Crippen molar-refractivity contribution in [3.05, 3.63) is 71.4 Å². The third kappa shape index (κ3) is 5.88. The fraction of sp³-hybridized carbons (Fsp3) is 0.360. The van der Waals surface area contributed by atoms with Crippen LogP contribution in [0.25, 0.3) is 5.69 Å². The Morgan fingerprint density at radius 3 is 2.39 bits per heavy atom. The van der Waals surface area contributed by atoms with Gasteiger partial charge in [-0.2, -0.15) is 5.10 Å². The largest absolute Gasteiger partial charge is 0.435 e. The van der Waals surface area contributed by atoms with Gasteiger partial charge < -0.3 is 15.0 Å². The number of urea groups is 1. The summed E-state index contributed by atoms with van der Waals surface area (Å²) in [5.41, 5.74) is 1.55. The Kier molecular flexibility index (Phi) is 7.05. The van der Waals surface area contributed by atoms with Gasteiger partial charge in [0.15, 0.2) is 11.6 Å². The van der Waals surface area contributed by atoms with E-state index in [-0.39, 0.29) is 30.2 Å². The fourth-order valence-electron chi connectivity index (χ4n) is 3.28. The zero-order valence-corrected chi connectivity index (χ0v) is 19.8. The maximum Gasteiger partial charge on any atom is 0.318 e. The van der Waals surface area contributed by atoms with Crippen LogP contribution in [-0.2, 0) is 6.54 Å². The first-order valence-electron chi connectivity index (χ1n) is 10.8. The molecule has 33 heavy (non-hydrogen) atoms. The highest BCUT2D eigenvalue weighted by molar-refractivity contribution is 5.75. The number of ether oxygens (including phenoxy) is 1. The molecule has 8 heteroatoms. The molecule has 1 heterocycles. The van der Waals surface area contributed by atoms with Gasteiger partial charge in [0.2, 0.25) is 5.88 Å². The van der Waals surface area contributed by atoms with Crippen molar-refractivity contribution in [1.82, 2.24) is 20.0 Å². The van der Waals surface area contributed by atoms with E-state index >= 15 is 0 Å². The summed E-state index contributed by atoms with van der Waals surface area (Å²) in [4.78, 5) is 14.7. The standard InChI is InChI=1S/C25H30F2N4O2/c1-16(2)30(24(32)28-25(4,5)6)15-20-17(3)29-31(19-10-8-7-9-11-19)23(20)33-22-13-12-18(26)14-21(22)27/h7-14,16H,15H2,1-6H3,(H,28,32). The van der Waals surface area contributed by atoms with E-state index in [9.17, 15) is 13.6 Å². The van der Waals surface area contributed by atoms with Crippen LogP contribution < -0.4 is 10.1 Å². The second kappa shape index (κ2) is 9.60. The van der Waals surface area contributed by atoms with Crippen molar-refractivity contribution in [3.63, 3.8) is 0 Å². The summed E-state index contributed by atoms with van der Waals surface area (Å²) in [6.07, 6.45) is 0. The molecular weight excluding hydrogens is 426 g/mol. The lowest BCUT2D eigenvalue weighted by atomic mass is 10.1. The molecule has 0 unspecified atom stereocenters. The van der Waals surface area contributed by atoms with Gasteiger partial charge in [-0.15, -0.1) is 0 Å². The normalized spacial score (nSPS) is 11.5. The number of benzene rings is 2. The van der Waals surface area contributed by atoms with E-state index in [1.165, 1.54) is 6.07 Å². The molecule has 0 aliphatic rings. The van der Waals surface area contributed by atoms with Gasteiger partial charge in [-0.3, -0.25) is 0 Å². The van der Waals surface area contributed by atoms with Gasteiger partial charge in [0, 0.05) is 17.6 Å². The first kappa shape index (κ1) is 24.2. The molecule has 1 N–H and O–H groups in total. The summed E-state index contributed by atoms with van der Waals surface area (Å²) in [6.45, 7) is 11.6. The van der Waals surface area contributed by atoms with Gasteiger partial charge >= 0.3 is 6.03 Å². The van der Waals surface area contributed by atoms with Crippen LogP contribution in [-0.4, -0.2) is 32.3 Å². The molecule has 0 aliphatic carbocycles.